The van der Waals surface area contributed by atoms with Gasteiger partial charge in [-0.3, -0.25) is 9.59 Å². The van der Waals surface area contributed by atoms with Crippen LogP contribution in [0.25, 0.3) is 0 Å². The Morgan fingerprint density at radius 2 is 1.91 bits per heavy atom. The van der Waals surface area contributed by atoms with Crippen molar-refractivity contribution in [3.63, 3.8) is 0 Å². The summed E-state index contributed by atoms with van der Waals surface area (Å²) in [5.41, 5.74) is 2.30. The van der Waals surface area contributed by atoms with E-state index in [4.69, 9.17) is 0 Å². The van der Waals surface area contributed by atoms with Crippen LogP contribution in [0, 0.1) is 0 Å². The van der Waals surface area contributed by atoms with E-state index in [2.05, 4.69) is 5.32 Å². The smallest absolute Gasteiger partial charge is 0.263 e. The van der Waals surface area contributed by atoms with Gasteiger partial charge in [-0.15, -0.1) is 0 Å². The maximum absolute atomic E-state index is 12.4. The quantitative estimate of drug-likeness (QED) is 0.940. The zero-order valence-electron chi connectivity index (χ0n) is 12.5. The molecule has 0 saturated carbocycles. The number of rotatable bonds is 4. The minimum absolute atomic E-state index is 0.158. The fourth-order valence-electron chi connectivity index (χ4n) is 2.89. The molecule has 1 aliphatic rings. The van der Waals surface area contributed by atoms with Gasteiger partial charge in [0.1, 0.15) is 5.56 Å². The van der Waals surface area contributed by atoms with E-state index in [-0.39, 0.29) is 17.0 Å². The Morgan fingerprint density at radius 1 is 1.09 bits per heavy atom. The van der Waals surface area contributed by atoms with Crippen LogP contribution in [0.5, 0.6) is 0 Å². The minimum atomic E-state index is -0.276. The van der Waals surface area contributed by atoms with Crippen molar-refractivity contribution in [2.24, 2.45) is 0 Å². The lowest BCUT2D eigenvalue weighted by Gasteiger charge is -2.18. The summed E-state index contributed by atoms with van der Waals surface area (Å²) in [6, 6.07) is 13.6. The van der Waals surface area contributed by atoms with Crippen molar-refractivity contribution >= 4 is 5.91 Å². The fraction of sp³-hybridized carbons (Fsp3) is 0.333. The molecule has 0 atom stereocenters. The molecule has 0 aliphatic carbocycles. The SMILES string of the molecule is O=C(NCCc1ccccc1)c1ccc2n(c1=O)CCCC2. The lowest BCUT2D eigenvalue weighted by molar-refractivity contribution is 0.0952. The lowest BCUT2D eigenvalue weighted by atomic mass is 10.1. The first-order chi connectivity index (χ1) is 10.8. The number of nitrogens with one attached hydrogen (secondary N) is 1. The van der Waals surface area contributed by atoms with Crippen LogP contribution >= 0.6 is 0 Å². The number of pyridine rings is 1. The van der Waals surface area contributed by atoms with E-state index in [1.807, 2.05) is 36.4 Å². The zero-order chi connectivity index (χ0) is 15.4. The number of fused-ring (bicyclic) bond motifs is 1. The monoisotopic (exact) mass is 296 g/mol. The summed E-state index contributed by atoms with van der Waals surface area (Å²) < 4.78 is 1.75. The van der Waals surface area contributed by atoms with Crippen molar-refractivity contribution in [3.05, 3.63) is 69.6 Å². The Bertz CT molecular complexity index is 720. The van der Waals surface area contributed by atoms with Crippen LogP contribution in [0.2, 0.25) is 0 Å². The normalized spacial score (nSPS) is 13.5. The van der Waals surface area contributed by atoms with E-state index in [0.717, 1.165) is 37.9 Å². The zero-order valence-corrected chi connectivity index (χ0v) is 12.5. The number of hydrogen-bond donors (Lipinski definition) is 1. The predicted molar refractivity (Wildman–Crippen MR) is 86.1 cm³/mol. The van der Waals surface area contributed by atoms with Crippen LogP contribution in [-0.2, 0) is 19.4 Å². The molecule has 2 aromatic rings. The van der Waals surface area contributed by atoms with Gasteiger partial charge in [-0.05, 0) is 43.4 Å². The molecule has 22 heavy (non-hydrogen) atoms. The van der Waals surface area contributed by atoms with E-state index >= 15 is 0 Å². The van der Waals surface area contributed by atoms with Crippen LogP contribution in [0.15, 0.2) is 47.3 Å². The third kappa shape index (κ3) is 3.11. The van der Waals surface area contributed by atoms with Gasteiger partial charge in [-0.1, -0.05) is 30.3 Å². The third-order valence-electron chi connectivity index (χ3n) is 4.12. The second-order valence-corrected chi connectivity index (χ2v) is 5.64. The summed E-state index contributed by atoms with van der Waals surface area (Å²) in [5.74, 6) is -0.276. The van der Waals surface area contributed by atoms with E-state index in [1.54, 1.807) is 10.6 Å². The molecule has 1 amide bonds. The lowest BCUT2D eigenvalue weighted by Crippen LogP contribution is -2.36. The van der Waals surface area contributed by atoms with Gasteiger partial charge in [0.05, 0.1) is 0 Å². The Labute approximate surface area is 129 Å². The summed E-state index contributed by atoms with van der Waals surface area (Å²) in [6.07, 6.45) is 3.80. The van der Waals surface area contributed by atoms with Gasteiger partial charge in [0.2, 0.25) is 0 Å². The molecule has 4 nitrogen and oxygen atoms in total. The number of aryl methyl sites for hydroxylation is 1. The van der Waals surface area contributed by atoms with Gasteiger partial charge in [0.15, 0.2) is 0 Å². The van der Waals surface area contributed by atoms with E-state index in [1.165, 1.54) is 5.56 Å². The van der Waals surface area contributed by atoms with E-state index in [0.29, 0.717) is 6.54 Å². The second kappa shape index (κ2) is 6.60. The number of aromatic nitrogens is 1. The molecule has 0 radical (unpaired) electrons. The number of carbonyl (C=O) groups is 1. The Balaban J connectivity index is 1.66. The summed E-state index contributed by atoms with van der Waals surface area (Å²) in [7, 11) is 0. The van der Waals surface area contributed by atoms with Crippen LogP contribution < -0.4 is 10.9 Å². The molecule has 1 N–H and O–H groups in total. The Hall–Kier alpha value is -2.36. The molecule has 1 aromatic heterocycles. The molecular weight excluding hydrogens is 276 g/mol. The average molecular weight is 296 g/mol. The highest BCUT2D eigenvalue weighted by atomic mass is 16.2. The van der Waals surface area contributed by atoms with Crippen LogP contribution in [-0.4, -0.2) is 17.0 Å². The van der Waals surface area contributed by atoms with Gasteiger partial charge >= 0.3 is 0 Å². The number of hydrogen-bond acceptors (Lipinski definition) is 2. The Kier molecular flexibility index (Phi) is 4.37. The molecule has 1 aliphatic heterocycles. The summed E-state index contributed by atoms with van der Waals surface area (Å²) in [5, 5.41) is 2.84. The van der Waals surface area contributed by atoms with Crippen molar-refractivity contribution in [1.82, 2.24) is 9.88 Å². The first-order valence-corrected chi connectivity index (χ1v) is 7.80. The molecule has 0 spiro atoms. The highest BCUT2D eigenvalue weighted by Crippen LogP contribution is 2.12. The van der Waals surface area contributed by atoms with Crippen molar-refractivity contribution in [2.45, 2.75) is 32.2 Å². The second-order valence-electron chi connectivity index (χ2n) is 5.64. The van der Waals surface area contributed by atoms with E-state index < -0.39 is 0 Å². The van der Waals surface area contributed by atoms with Crippen LogP contribution in [0.3, 0.4) is 0 Å². The van der Waals surface area contributed by atoms with Crippen molar-refractivity contribution in [3.8, 4) is 0 Å². The molecule has 0 bridgehead atoms. The highest BCUT2D eigenvalue weighted by Gasteiger charge is 2.16. The molecule has 2 heterocycles. The third-order valence-corrected chi connectivity index (χ3v) is 4.12. The molecular formula is C18H20N2O2. The topological polar surface area (TPSA) is 51.1 Å². The van der Waals surface area contributed by atoms with Gasteiger partial charge in [0.25, 0.3) is 11.5 Å². The van der Waals surface area contributed by atoms with Crippen LogP contribution in [0.4, 0.5) is 0 Å². The molecule has 1 aromatic carbocycles. The summed E-state index contributed by atoms with van der Waals surface area (Å²) in [6.45, 7) is 1.25. The van der Waals surface area contributed by atoms with E-state index in [9.17, 15) is 9.59 Å². The number of amides is 1. The van der Waals surface area contributed by atoms with Gasteiger partial charge in [-0.2, -0.15) is 0 Å². The van der Waals surface area contributed by atoms with Crippen LogP contribution in [0.1, 0.15) is 34.5 Å². The first-order valence-electron chi connectivity index (χ1n) is 7.80. The average Bonchev–Trinajstić information content (AvgIpc) is 2.56. The maximum atomic E-state index is 12.4. The fourth-order valence-corrected chi connectivity index (χ4v) is 2.89. The molecule has 4 heteroatoms. The van der Waals surface area contributed by atoms with Crippen molar-refractivity contribution in [1.29, 1.82) is 0 Å². The number of nitrogens with zero attached hydrogens (tertiary/aromatic N) is 1. The molecule has 3 rings (SSSR count). The van der Waals surface area contributed by atoms with Gasteiger partial charge in [-0.25, -0.2) is 0 Å². The standard InChI is InChI=1S/C18H20N2O2/c21-17(19-12-11-14-6-2-1-3-7-14)16-10-9-15-8-4-5-13-20(15)18(16)22/h1-3,6-7,9-10H,4-5,8,11-13H2,(H,19,21). The first kappa shape index (κ1) is 14.6. The highest BCUT2D eigenvalue weighted by molar-refractivity contribution is 5.93. The molecule has 114 valence electrons. The van der Waals surface area contributed by atoms with Gasteiger partial charge < -0.3 is 9.88 Å². The largest absolute Gasteiger partial charge is 0.352 e. The van der Waals surface area contributed by atoms with Crippen molar-refractivity contribution in [2.75, 3.05) is 6.54 Å². The minimum Gasteiger partial charge on any atom is -0.352 e. The maximum Gasteiger partial charge on any atom is 0.263 e. The molecule has 0 saturated heterocycles. The number of carbonyl (C=O) groups excluding carboxylic acids is 1. The number of benzene rings is 1. The molecule has 0 fully saturated rings. The summed E-state index contributed by atoms with van der Waals surface area (Å²) in [4.78, 5) is 24.6. The Morgan fingerprint density at radius 3 is 2.73 bits per heavy atom. The van der Waals surface area contributed by atoms with Crippen molar-refractivity contribution < 1.29 is 4.79 Å². The predicted octanol–water partition coefficient (Wildman–Crippen LogP) is 2.16. The molecule has 0 unspecified atom stereocenters. The van der Waals surface area contributed by atoms with Gasteiger partial charge in [0, 0.05) is 18.8 Å². The summed E-state index contributed by atoms with van der Waals surface area (Å²) >= 11 is 0.